The minimum Gasteiger partial charge on any atom is -0.384 e. The van der Waals surface area contributed by atoms with Gasteiger partial charge < -0.3 is 5.73 Å². The summed E-state index contributed by atoms with van der Waals surface area (Å²) in [6.07, 6.45) is 1.86. The molecule has 2 N–H and O–H groups in total. The normalized spacial score (nSPS) is 20.6. The third-order valence-electron chi connectivity index (χ3n) is 2.38. The highest BCUT2D eigenvalue weighted by Crippen LogP contribution is 2.30. The van der Waals surface area contributed by atoms with Crippen LogP contribution in [0.2, 0.25) is 0 Å². The fourth-order valence-electron chi connectivity index (χ4n) is 1.44. The number of nitrogen functional groups attached to an aromatic ring is 1. The number of rotatable bonds is 2. The summed E-state index contributed by atoms with van der Waals surface area (Å²) in [5, 5.41) is -0.331. The van der Waals surface area contributed by atoms with E-state index in [-0.39, 0.29) is 23.5 Å². The van der Waals surface area contributed by atoms with E-state index in [0.717, 1.165) is 4.90 Å². The number of hydrogen-bond acceptors (Lipinski definition) is 5. The quantitative estimate of drug-likeness (QED) is 0.758. The summed E-state index contributed by atoms with van der Waals surface area (Å²) in [6.45, 7) is 0. The lowest BCUT2D eigenvalue weighted by atomic mass is 10.4. The summed E-state index contributed by atoms with van der Waals surface area (Å²) in [7, 11) is 1.51. The zero-order chi connectivity index (χ0) is 11.7. The minimum absolute atomic E-state index is 0.133. The van der Waals surface area contributed by atoms with Crippen LogP contribution in [0, 0.1) is 0 Å². The summed E-state index contributed by atoms with van der Waals surface area (Å²) in [5.74, 6) is 0.160. The predicted octanol–water partition coefficient (Wildman–Crippen LogP) is 0.513. The van der Waals surface area contributed by atoms with E-state index in [2.05, 4.69) is 4.98 Å². The molecule has 0 spiro atoms. The number of amides is 2. The standard InChI is InChI=1S/C10H11N3O2S/c1-13-9(14)4-7(10(13)15)16-6-2-3-8(11)12-5-6/h2-3,5,7H,4H2,1H3,(H2,11,12). The fraction of sp³-hybridized carbons (Fsp3) is 0.300. The zero-order valence-corrected chi connectivity index (χ0v) is 9.53. The van der Waals surface area contributed by atoms with Crippen molar-refractivity contribution in [2.24, 2.45) is 0 Å². The van der Waals surface area contributed by atoms with E-state index in [4.69, 9.17) is 5.73 Å². The van der Waals surface area contributed by atoms with E-state index in [0.29, 0.717) is 5.82 Å². The van der Waals surface area contributed by atoms with Gasteiger partial charge in [-0.1, -0.05) is 0 Å². The van der Waals surface area contributed by atoms with Crippen LogP contribution in [-0.4, -0.2) is 34.0 Å². The van der Waals surface area contributed by atoms with Gasteiger partial charge in [-0.3, -0.25) is 14.5 Å². The summed E-state index contributed by atoms with van der Waals surface area (Å²) in [5.41, 5.74) is 5.46. The van der Waals surface area contributed by atoms with Crippen molar-refractivity contribution in [2.45, 2.75) is 16.6 Å². The second kappa shape index (κ2) is 4.13. The number of carbonyl (C=O) groups is 2. The number of anilines is 1. The van der Waals surface area contributed by atoms with Gasteiger partial charge in [0, 0.05) is 24.6 Å². The Morgan fingerprint density at radius 3 is 2.75 bits per heavy atom. The van der Waals surface area contributed by atoms with E-state index >= 15 is 0 Å². The molecule has 1 unspecified atom stereocenters. The summed E-state index contributed by atoms with van der Waals surface area (Å²) in [6, 6.07) is 3.47. The molecule has 0 saturated carbocycles. The highest BCUT2D eigenvalue weighted by molar-refractivity contribution is 8.00. The van der Waals surface area contributed by atoms with E-state index in [1.807, 2.05) is 0 Å². The first-order valence-electron chi connectivity index (χ1n) is 4.76. The van der Waals surface area contributed by atoms with Crippen molar-refractivity contribution in [1.29, 1.82) is 0 Å². The third kappa shape index (κ3) is 2.01. The van der Waals surface area contributed by atoms with E-state index < -0.39 is 0 Å². The average Bonchev–Trinajstić information content (AvgIpc) is 2.50. The van der Waals surface area contributed by atoms with Crippen molar-refractivity contribution in [2.75, 3.05) is 12.8 Å². The molecule has 0 radical (unpaired) electrons. The van der Waals surface area contributed by atoms with E-state index in [1.54, 1.807) is 18.3 Å². The third-order valence-corrected chi connectivity index (χ3v) is 3.54. The Bertz CT molecular complexity index is 432. The second-order valence-electron chi connectivity index (χ2n) is 3.52. The van der Waals surface area contributed by atoms with Crippen molar-refractivity contribution >= 4 is 29.4 Å². The number of pyridine rings is 1. The van der Waals surface area contributed by atoms with Gasteiger partial charge in [0.25, 0.3) is 0 Å². The maximum Gasteiger partial charge on any atom is 0.242 e. The molecule has 2 heterocycles. The van der Waals surface area contributed by atoms with Crippen molar-refractivity contribution in [3.63, 3.8) is 0 Å². The van der Waals surface area contributed by atoms with Crippen LogP contribution in [0.25, 0.3) is 0 Å². The van der Waals surface area contributed by atoms with Gasteiger partial charge in [-0.15, -0.1) is 11.8 Å². The molecule has 1 aliphatic heterocycles. The van der Waals surface area contributed by atoms with Gasteiger partial charge in [-0.25, -0.2) is 4.98 Å². The molecule has 6 heteroatoms. The van der Waals surface area contributed by atoms with Gasteiger partial charge in [0.2, 0.25) is 11.8 Å². The Kier molecular flexibility index (Phi) is 2.82. The lowest BCUT2D eigenvalue weighted by Crippen LogP contribution is -2.26. The second-order valence-corrected chi connectivity index (χ2v) is 4.80. The average molecular weight is 237 g/mol. The smallest absolute Gasteiger partial charge is 0.242 e. The van der Waals surface area contributed by atoms with Crippen LogP contribution in [0.3, 0.4) is 0 Å². The molecule has 1 aromatic rings. The first-order valence-corrected chi connectivity index (χ1v) is 5.64. The lowest BCUT2D eigenvalue weighted by Gasteiger charge is -2.08. The number of nitrogens with two attached hydrogens (primary N) is 1. The molecule has 1 aliphatic rings. The lowest BCUT2D eigenvalue weighted by molar-refractivity contribution is -0.136. The van der Waals surface area contributed by atoms with Crippen LogP contribution in [0.1, 0.15) is 6.42 Å². The molecule has 1 fully saturated rings. The SMILES string of the molecule is CN1C(=O)CC(Sc2ccc(N)nc2)C1=O. The maximum absolute atomic E-state index is 11.6. The van der Waals surface area contributed by atoms with Crippen LogP contribution in [0.4, 0.5) is 5.82 Å². The van der Waals surface area contributed by atoms with Crippen LogP contribution in [-0.2, 0) is 9.59 Å². The molecule has 1 aromatic heterocycles. The largest absolute Gasteiger partial charge is 0.384 e. The van der Waals surface area contributed by atoms with Crippen LogP contribution >= 0.6 is 11.8 Å². The topological polar surface area (TPSA) is 76.3 Å². The molecule has 0 aromatic carbocycles. The maximum atomic E-state index is 11.6. The van der Waals surface area contributed by atoms with E-state index in [9.17, 15) is 9.59 Å². The molecule has 5 nitrogen and oxygen atoms in total. The van der Waals surface area contributed by atoms with Crippen LogP contribution in [0.5, 0.6) is 0 Å². The Labute approximate surface area is 97.0 Å². The number of aromatic nitrogens is 1. The highest BCUT2D eigenvalue weighted by Gasteiger charge is 2.36. The predicted molar refractivity (Wildman–Crippen MR) is 60.7 cm³/mol. The highest BCUT2D eigenvalue weighted by atomic mass is 32.2. The molecular formula is C10H11N3O2S. The van der Waals surface area contributed by atoms with Gasteiger partial charge in [0.05, 0.1) is 5.25 Å². The number of carbonyl (C=O) groups excluding carboxylic acids is 2. The first kappa shape index (κ1) is 10.9. The Balaban J connectivity index is 2.09. The van der Waals surface area contributed by atoms with Crippen LogP contribution in [0.15, 0.2) is 23.2 Å². The molecule has 16 heavy (non-hydrogen) atoms. The molecule has 0 aliphatic carbocycles. The Hall–Kier alpha value is -1.56. The molecule has 1 atom stereocenters. The summed E-state index contributed by atoms with van der Waals surface area (Å²) in [4.78, 5) is 28.9. The van der Waals surface area contributed by atoms with Gasteiger partial charge in [0.15, 0.2) is 0 Å². The molecule has 84 valence electrons. The van der Waals surface area contributed by atoms with Crippen molar-refractivity contribution in [1.82, 2.24) is 9.88 Å². The van der Waals surface area contributed by atoms with Crippen molar-refractivity contribution in [3.8, 4) is 0 Å². The summed E-state index contributed by atoms with van der Waals surface area (Å²) < 4.78 is 0. The monoisotopic (exact) mass is 237 g/mol. The number of thioether (sulfide) groups is 1. The van der Waals surface area contributed by atoms with Gasteiger partial charge in [0.1, 0.15) is 5.82 Å². The van der Waals surface area contributed by atoms with Crippen LogP contribution < -0.4 is 5.73 Å². The van der Waals surface area contributed by atoms with E-state index in [1.165, 1.54) is 23.7 Å². The molecule has 2 amide bonds. The minimum atomic E-state index is -0.331. The van der Waals surface area contributed by atoms with Gasteiger partial charge >= 0.3 is 0 Å². The summed E-state index contributed by atoms with van der Waals surface area (Å²) >= 11 is 1.35. The zero-order valence-electron chi connectivity index (χ0n) is 8.71. The van der Waals surface area contributed by atoms with Crippen molar-refractivity contribution < 1.29 is 9.59 Å². The van der Waals surface area contributed by atoms with Crippen molar-refractivity contribution in [3.05, 3.63) is 18.3 Å². The molecule has 0 bridgehead atoms. The number of hydrogen-bond donors (Lipinski definition) is 1. The number of nitrogens with zero attached hydrogens (tertiary/aromatic N) is 2. The molecule has 1 saturated heterocycles. The van der Waals surface area contributed by atoms with Gasteiger partial charge in [-0.05, 0) is 12.1 Å². The Morgan fingerprint density at radius 2 is 2.25 bits per heavy atom. The number of imide groups is 1. The molecular weight excluding hydrogens is 226 g/mol. The number of likely N-dealkylation sites (tertiary alicyclic amines) is 1. The first-order chi connectivity index (χ1) is 7.58. The molecule has 2 rings (SSSR count). The fourth-order valence-corrected chi connectivity index (χ4v) is 2.51. The Morgan fingerprint density at radius 1 is 1.50 bits per heavy atom. The van der Waals surface area contributed by atoms with Gasteiger partial charge in [-0.2, -0.15) is 0 Å².